The van der Waals surface area contributed by atoms with Crippen molar-refractivity contribution in [3.05, 3.63) is 11.6 Å². The molecule has 0 bridgehead atoms. The summed E-state index contributed by atoms with van der Waals surface area (Å²) in [5, 5.41) is 11.7. The molecule has 1 N–H and O–H groups in total. The van der Waals surface area contributed by atoms with Crippen LogP contribution >= 0.6 is 0 Å². The van der Waals surface area contributed by atoms with Crippen molar-refractivity contribution in [2.45, 2.75) is 76.7 Å². The van der Waals surface area contributed by atoms with Gasteiger partial charge in [-0.15, -0.1) is 10.2 Å². The molecule has 0 radical (unpaired) electrons. The normalized spacial score (nSPS) is 26.5. The van der Waals surface area contributed by atoms with Crippen molar-refractivity contribution in [1.82, 2.24) is 20.1 Å². The number of rotatable bonds is 3. The third kappa shape index (κ3) is 3.62. The lowest BCUT2D eigenvalue weighted by molar-refractivity contribution is -0.183. The summed E-state index contributed by atoms with van der Waals surface area (Å²) < 4.78 is 40.7. The first-order valence-electron chi connectivity index (χ1n) is 8.25. The fourth-order valence-corrected chi connectivity index (χ4v) is 3.58. The average molecular weight is 316 g/mol. The molecule has 1 aromatic rings. The minimum atomic E-state index is -4.06. The van der Waals surface area contributed by atoms with Crippen LogP contribution in [0.5, 0.6) is 0 Å². The molecule has 1 aliphatic heterocycles. The van der Waals surface area contributed by atoms with Crippen molar-refractivity contribution in [1.29, 1.82) is 0 Å². The smallest absolute Gasteiger partial charge is 0.314 e. The summed E-state index contributed by atoms with van der Waals surface area (Å²) in [6.07, 6.45) is 2.25. The predicted octanol–water partition coefficient (Wildman–Crippen LogP) is 3.22. The minimum absolute atomic E-state index is 0.0703. The number of fused-ring (bicyclic) bond motifs is 1. The number of halogens is 3. The number of aromatic nitrogens is 3. The van der Waals surface area contributed by atoms with Crippen molar-refractivity contribution < 1.29 is 13.2 Å². The topological polar surface area (TPSA) is 42.7 Å². The van der Waals surface area contributed by atoms with Gasteiger partial charge in [-0.1, -0.05) is 12.8 Å². The van der Waals surface area contributed by atoms with Crippen LogP contribution in [0.15, 0.2) is 0 Å². The Kier molecular flexibility index (Phi) is 4.70. The summed E-state index contributed by atoms with van der Waals surface area (Å²) in [5.74, 6) is 0.728. The van der Waals surface area contributed by atoms with Gasteiger partial charge in [0.25, 0.3) is 0 Å². The maximum Gasteiger partial charge on any atom is 0.391 e. The van der Waals surface area contributed by atoms with Gasteiger partial charge >= 0.3 is 6.18 Å². The van der Waals surface area contributed by atoms with E-state index in [9.17, 15) is 13.2 Å². The van der Waals surface area contributed by atoms with Crippen molar-refractivity contribution in [3.8, 4) is 0 Å². The zero-order valence-corrected chi connectivity index (χ0v) is 12.7. The Morgan fingerprint density at radius 2 is 1.95 bits per heavy atom. The lowest BCUT2D eigenvalue weighted by atomic mass is 9.85. The molecular weight excluding hydrogens is 293 g/mol. The molecule has 2 heterocycles. The Hall–Kier alpha value is -1.11. The van der Waals surface area contributed by atoms with Crippen LogP contribution in [0.25, 0.3) is 0 Å². The van der Waals surface area contributed by atoms with E-state index in [0.29, 0.717) is 13.0 Å². The van der Waals surface area contributed by atoms with Gasteiger partial charge in [-0.05, 0) is 32.1 Å². The third-order valence-corrected chi connectivity index (χ3v) is 4.87. The summed E-state index contributed by atoms with van der Waals surface area (Å²) in [7, 11) is 0. The molecule has 1 aliphatic carbocycles. The van der Waals surface area contributed by atoms with Crippen LogP contribution in [0.3, 0.4) is 0 Å². The number of hydrogen-bond acceptors (Lipinski definition) is 3. The molecule has 3 rings (SSSR count). The maximum atomic E-state index is 12.8. The predicted molar refractivity (Wildman–Crippen MR) is 76.2 cm³/mol. The van der Waals surface area contributed by atoms with E-state index in [4.69, 9.17) is 0 Å². The van der Waals surface area contributed by atoms with E-state index in [0.717, 1.165) is 43.9 Å². The lowest BCUT2D eigenvalue weighted by Gasteiger charge is -2.31. The Bertz CT molecular complexity index is 497. The molecular formula is C15H23F3N4. The first kappa shape index (κ1) is 15.8. The molecule has 2 aliphatic rings. The van der Waals surface area contributed by atoms with Crippen LogP contribution in [0.2, 0.25) is 0 Å². The second kappa shape index (κ2) is 6.56. The monoisotopic (exact) mass is 316 g/mol. The highest BCUT2D eigenvalue weighted by atomic mass is 19.4. The minimum Gasteiger partial charge on any atom is -0.314 e. The molecule has 1 aromatic heterocycles. The second-order valence-corrected chi connectivity index (χ2v) is 6.48. The van der Waals surface area contributed by atoms with Gasteiger partial charge < -0.3 is 9.88 Å². The number of nitrogens with one attached hydrogen (secondary N) is 1. The SMILES string of the molecule is FC(F)(F)[C@@H]1CCC[C@H](NCc2nnc3n2CCCCC3)C1. The Labute approximate surface area is 128 Å². The molecule has 1 fully saturated rings. The highest BCUT2D eigenvalue weighted by molar-refractivity contribution is 4.98. The van der Waals surface area contributed by atoms with E-state index < -0.39 is 12.1 Å². The first-order chi connectivity index (χ1) is 10.5. The second-order valence-electron chi connectivity index (χ2n) is 6.48. The Morgan fingerprint density at radius 1 is 1.09 bits per heavy atom. The van der Waals surface area contributed by atoms with Crippen LogP contribution in [0.4, 0.5) is 13.2 Å². The largest absolute Gasteiger partial charge is 0.391 e. The molecule has 0 unspecified atom stereocenters. The van der Waals surface area contributed by atoms with Gasteiger partial charge in [0.2, 0.25) is 0 Å². The highest BCUT2D eigenvalue weighted by Crippen LogP contribution is 2.37. The molecule has 22 heavy (non-hydrogen) atoms. The molecule has 0 amide bonds. The number of aryl methyl sites for hydroxylation is 1. The zero-order valence-electron chi connectivity index (χ0n) is 12.7. The number of hydrogen-bond donors (Lipinski definition) is 1. The quantitative estimate of drug-likeness (QED) is 0.931. The number of alkyl halides is 3. The van der Waals surface area contributed by atoms with Crippen molar-refractivity contribution in [2.75, 3.05) is 0 Å². The Morgan fingerprint density at radius 3 is 2.77 bits per heavy atom. The summed E-state index contributed by atoms with van der Waals surface area (Å²) in [4.78, 5) is 0. The van der Waals surface area contributed by atoms with E-state index >= 15 is 0 Å². The average Bonchev–Trinajstić information content (AvgIpc) is 2.72. The molecule has 1 saturated carbocycles. The molecule has 7 heteroatoms. The molecule has 0 aromatic carbocycles. The molecule has 124 valence electrons. The van der Waals surface area contributed by atoms with Gasteiger partial charge in [0.05, 0.1) is 12.5 Å². The highest BCUT2D eigenvalue weighted by Gasteiger charge is 2.42. The van der Waals surface area contributed by atoms with Crippen molar-refractivity contribution >= 4 is 0 Å². The summed E-state index contributed by atoms with van der Waals surface area (Å²) in [6.45, 7) is 1.44. The molecule has 2 atom stereocenters. The van der Waals surface area contributed by atoms with Gasteiger partial charge in [-0.25, -0.2) is 0 Å². The maximum absolute atomic E-state index is 12.8. The van der Waals surface area contributed by atoms with Crippen molar-refractivity contribution in [2.24, 2.45) is 5.92 Å². The first-order valence-corrected chi connectivity index (χ1v) is 8.25. The van der Waals surface area contributed by atoms with Crippen LogP contribution in [0.1, 0.15) is 56.6 Å². The Balaban J connectivity index is 1.57. The standard InChI is InChI=1S/C15H23F3N4/c16-15(17,18)11-5-4-6-12(9-11)19-10-14-21-20-13-7-2-1-3-8-22(13)14/h11-12,19H,1-10H2/t11-,12+/m1/s1. The van der Waals surface area contributed by atoms with Gasteiger partial charge in [-0.2, -0.15) is 13.2 Å². The summed E-state index contributed by atoms with van der Waals surface area (Å²) >= 11 is 0. The summed E-state index contributed by atoms with van der Waals surface area (Å²) in [6, 6.07) is -0.0703. The van der Waals surface area contributed by atoms with E-state index in [1.807, 2.05) is 0 Å². The van der Waals surface area contributed by atoms with Gasteiger partial charge in [0.15, 0.2) is 0 Å². The number of nitrogens with zero attached hydrogens (tertiary/aromatic N) is 3. The molecule has 0 saturated heterocycles. The fourth-order valence-electron chi connectivity index (χ4n) is 3.58. The van der Waals surface area contributed by atoms with Gasteiger partial charge in [0.1, 0.15) is 11.6 Å². The van der Waals surface area contributed by atoms with E-state index in [-0.39, 0.29) is 18.9 Å². The van der Waals surface area contributed by atoms with E-state index in [2.05, 4.69) is 20.1 Å². The van der Waals surface area contributed by atoms with Gasteiger partial charge in [-0.3, -0.25) is 0 Å². The van der Waals surface area contributed by atoms with Gasteiger partial charge in [0, 0.05) is 19.0 Å². The van der Waals surface area contributed by atoms with Crippen LogP contribution in [-0.4, -0.2) is 27.0 Å². The van der Waals surface area contributed by atoms with Crippen molar-refractivity contribution in [3.63, 3.8) is 0 Å². The van der Waals surface area contributed by atoms with Crippen LogP contribution in [0, 0.1) is 5.92 Å². The van der Waals surface area contributed by atoms with E-state index in [1.54, 1.807) is 0 Å². The fraction of sp³-hybridized carbons (Fsp3) is 0.867. The van der Waals surface area contributed by atoms with Crippen LogP contribution < -0.4 is 5.32 Å². The van der Waals surface area contributed by atoms with Crippen LogP contribution in [-0.2, 0) is 19.5 Å². The third-order valence-electron chi connectivity index (χ3n) is 4.87. The van der Waals surface area contributed by atoms with E-state index in [1.165, 1.54) is 6.42 Å². The lowest BCUT2D eigenvalue weighted by Crippen LogP contribution is -2.38. The summed E-state index contributed by atoms with van der Waals surface area (Å²) in [5.41, 5.74) is 0. The zero-order chi connectivity index (χ0) is 15.6. The molecule has 0 spiro atoms. The molecule has 4 nitrogen and oxygen atoms in total.